The third kappa shape index (κ3) is 4.76. The first kappa shape index (κ1) is 21.3. The second-order valence-electron chi connectivity index (χ2n) is 8.93. The molecule has 3 heterocycles. The van der Waals surface area contributed by atoms with Gasteiger partial charge in [-0.15, -0.1) is 11.3 Å². The van der Waals surface area contributed by atoms with Gasteiger partial charge in [0.1, 0.15) is 5.69 Å². The van der Waals surface area contributed by atoms with Gasteiger partial charge in [0.15, 0.2) is 5.82 Å². The van der Waals surface area contributed by atoms with E-state index in [1.54, 1.807) is 0 Å². The van der Waals surface area contributed by atoms with Crippen LogP contribution in [0.5, 0.6) is 0 Å². The zero-order valence-corrected chi connectivity index (χ0v) is 19.1. The Labute approximate surface area is 191 Å². The van der Waals surface area contributed by atoms with E-state index in [1.165, 1.54) is 30.4 Å². The Hall–Kier alpha value is -2.58. The molecule has 2 aromatic heterocycles. The number of anilines is 1. The molecular weight excluding hydrogens is 425 g/mol. The van der Waals surface area contributed by atoms with Crippen LogP contribution in [0.1, 0.15) is 42.5 Å². The average Bonchev–Trinajstić information content (AvgIpc) is 3.50. The number of halogens is 1. The smallest absolute Gasteiger partial charge is 0.252 e. The lowest BCUT2D eigenvalue weighted by Crippen LogP contribution is -2.30. The summed E-state index contributed by atoms with van der Waals surface area (Å²) in [6.07, 6.45) is 6.79. The van der Waals surface area contributed by atoms with Crippen LogP contribution in [0.3, 0.4) is 0 Å². The molecule has 0 radical (unpaired) electrons. The van der Waals surface area contributed by atoms with Crippen molar-refractivity contribution in [2.75, 3.05) is 32.0 Å². The molecule has 2 fully saturated rings. The Bertz CT molecular complexity index is 1120. The highest BCUT2D eigenvalue weighted by atomic mass is 32.1. The number of amides is 1. The molecule has 168 valence electrons. The second kappa shape index (κ2) is 9.11. The van der Waals surface area contributed by atoms with Gasteiger partial charge in [-0.1, -0.05) is 6.07 Å². The average molecular weight is 454 g/mol. The van der Waals surface area contributed by atoms with Crippen molar-refractivity contribution in [3.8, 4) is 10.6 Å². The lowest BCUT2D eigenvalue weighted by molar-refractivity contribution is 0.0953. The molecule has 0 spiro atoms. The number of rotatable bonds is 7. The van der Waals surface area contributed by atoms with E-state index < -0.39 is 5.82 Å². The molecule has 0 atom stereocenters. The van der Waals surface area contributed by atoms with Gasteiger partial charge in [-0.3, -0.25) is 4.79 Å². The Morgan fingerprint density at radius 2 is 2.06 bits per heavy atom. The monoisotopic (exact) mass is 453 g/mol. The number of nitrogens with zero attached hydrogens (tertiary/aromatic N) is 3. The normalized spacial score (nSPS) is 17.6. The highest BCUT2D eigenvalue weighted by Crippen LogP contribution is 2.36. The molecule has 6 nitrogen and oxygen atoms in total. The van der Waals surface area contributed by atoms with Gasteiger partial charge in [-0.25, -0.2) is 14.4 Å². The van der Waals surface area contributed by atoms with Crippen molar-refractivity contribution < 1.29 is 9.18 Å². The largest absolute Gasteiger partial charge is 0.354 e. The van der Waals surface area contributed by atoms with Crippen molar-refractivity contribution in [2.45, 2.75) is 38.1 Å². The predicted octanol–water partition coefficient (Wildman–Crippen LogP) is 4.53. The molecular formula is C24H28FN5OS. The van der Waals surface area contributed by atoms with Crippen molar-refractivity contribution in [3.63, 3.8) is 0 Å². The molecule has 3 aromatic rings. The number of benzene rings is 1. The lowest BCUT2D eigenvalue weighted by Gasteiger charge is -2.28. The topological polar surface area (TPSA) is 70.2 Å². The third-order valence-corrected chi connectivity index (χ3v) is 7.48. The quantitative estimate of drug-likeness (QED) is 0.550. The van der Waals surface area contributed by atoms with E-state index in [0.29, 0.717) is 28.3 Å². The number of piperidine rings is 1. The van der Waals surface area contributed by atoms with E-state index in [4.69, 9.17) is 0 Å². The van der Waals surface area contributed by atoms with Crippen molar-refractivity contribution >= 4 is 33.3 Å². The number of hydrogen-bond donors (Lipinski definition) is 2. The molecule has 2 N–H and O–H groups in total. The zero-order valence-electron chi connectivity index (χ0n) is 18.2. The second-order valence-corrected chi connectivity index (χ2v) is 10.0. The maximum Gasteiger partial charge on any atom is 0.252 e. The van der Waals surface area contributed by atoms with Crippen molar-refractivity contribution in [1.82, 2.24) is 20.2 Å². The minimum atomic E-state index is -0.457. The predicted molar refractivity (Wildman–Crippen MR) is 127 cm³/mol. The summed E-state index contributed by atoms with van der Waals surface area (Å²) in [5.74, 6) is 0.628. The van der Waals surface area contributed by atoms with Gasteiger partial charge in [0.25, 0.3) is 5.91 Å². The highest BCUT2D eigenvalue weighted by molar-refractivity contribution is 7.22. The van der Waals surface area contributed by atoms with Gasteiger partial charge in [0.05, 0.1) is 11.1 Å². The summed E-state index contributed by atoms with van der Waals surface area (Å²) in [7, 11) is 2.17. The van der Waals surface area contributed by atoms with Crippen LogP contribution in [0, 0.1) is 11.7 Å². The number of carbonyl (C=O) groups is 1. The SMILES string of the molecule is CN1CCC(CCNc2ncc(F)c(-c3cc4c(C(=O)NC5CC5)cccc4s3)n2)CC1. The number of hydrogen-bond acceptors (Lipinski definition) is 6. The minimum Gasteiger partial charge on any atom is -0.354 e. The van der Waals surface area contributed by atoms with Gasteiger partial charge in [-0.05, 0) is 76.4 Å². The number of thiophene rings is 1. The fraction of sp³-hybridized carbons (Fsp3) is 0.458. The molecule has 32 heavy (non-hydrogen) atoms. The summed E-state index contributed by atoms with van der Waals surface area (Å²) in [4.78, 5) is 24.3. The number of nitrogens with one attached hydrogen (secondary N) is 2. The van der Waals surface area contributed by atoms with Crippen LogP contribution in [-0.2, 0) is 0 Å². The molecule has 1 saturated heterocycles. The van der Waals surface area contributed by atoms with Crippen molar-refractivity contribution in [3.05, 3.63) is 41.8 Å². The summed E-state index contributed by atoms with van der Waals surface area (Å²) >= 11 is 1.44. The number of likely N-dealkylation sites (tertiary alicyclic amines) is 1. The molecule has 8 heteroatoms. The first-order valence-electron chi connectivity index (χ1n) is 11.4. The molecule has 0 bridgehead atoms. The minimum absolute atomic E-state index is 0.0677. The first-order chi connectivity index (χ1) is 15.6. The molecule has 1 saturated carbocycles. The fourth-order valence-electron chi connectivity index (χ4n) is 4.23. The Kier molecular flexibility index (Phi) is 6.06. The summed E-state index contributed by atoms with van der Waals surface area (Å²) in [6, 6.07) is 7.81. The highest BCUT2D eigenvalue weighted by Gasteiger charge is 2.25. The van der Waals surface area contributed by atoms with Crippen LogP contribution in [0.15, 0.2) is 30.5 Å². The molecule has 1 amide bonds. The molecule has 1 aliphatic carbocycles. The van der Waals surface area contributed by atoms with E-state index in [1.807, 2.05) is 24.3 Å². The summed E-state index contributed by atoms with van der Waals surface area (Å²) < 4.78 is 15.6. The van der Waals surface area contributed by atoms with Crippen LogP contribution in [-0.4, -0.2) is 53.5 Å². The van der Waals surface area contributed by atoms with E-state index >= 15 is 0 Å². The van der Waals surface area contributed by atoms with Gasteiger partial charge in [0.2, 0.25) is 5.95 Å². The number of aromatic nitrogens is 2. The molecule has 0 unspecified atom stereocenters. The summed E-state index contributed by atoms with van der Waals surface area (Å²) in [5, 5.41) is 7.14. The number of fused-ring (bicyclic) bond motifs is 1. The van der Waals surface area contributed by atoms with Crippen LogP contribution in [0.4, 0.5) is 10.3 Å². The van der Waals surface area contributed by atoms with Gasteiger partial charge in [-0.2, -0.15) is 0 Å². The third-order valence-electron chi connectivity index (χ3n) is 6.37. The molecule has 1 aromatic carbocycles. The summed E-state index contributed by atoms with van der Waals surface area (Å²) in [6.45, 7) is 3.07. The Morgan fingerprint density at radius 1 is 1.25 bits per heavy atom. The molecule has 1 aliphatic heterocycles. The standard InChI is InChI=1S/C24H28FN5OS/c1-30-11-8-15(9-12-30)7-10-26-24-27-14-19(25)22(29-24)21-13-18-17(3-2-4-20(18)32-21)23(31)28-16-5-6-16/h2-4,13-16H,5-12H2,1H3,(H,28,31)(H,26,27,29). The van der Waals surface area contributed by atoms with E-state index in [2.05, 4.69) is 32.5 Å². The van der Waals surface area contributed by atoms with Crippen LogP contribution in [0.2, 0.25) is 0 Å². The van der Waals surface area contributed by atoms with E-state index in [-0.39, 0.29) is 11.6 Å². The zero-order chi connectivity index (χ0) is 22.1. The molecule has 2 aliphatic rings. The lowest BCUT2D eigenvalue weighted by atomic mass is 9.94. The van der Waals surface area contributed by atoms with E-state index in [9.17, 15) is 9.18 Å². The first-order valence-corrected chi connectivity index (χ1v) is 12.2. The molecule has 5 rings (SSSR count). The maximum atomic E-state index is 14.6. The number of carbonyl (C=O) groups excluding carboxylic acids is 1. The fourth-order valence-corrected chi connectivity index (χ4v) is 5.31. The van der Waals surface area contributed by atoms with Crippen molar-refractivity contribution in [1.29, 1.82) is 0 Å². The van der Waals surface area contributed by atoms with Gasteiger partial charge >= 0.3 is 0 Å². The maximum absolute atomic E-state index is 14.6. The van der Waals surface area contributed by atoms with Gasteiger partial charge < -0.3 is 15.5 Å². The summed E-state index contributed by atoms with van der Waals surface area (Å²) in [5.41, 5.74) is 0.902. The van der Waals surface area contributed by atoms with Gasteiger partial charge in [0, 0.05) is 28.2 Å². The van der Waals surface area contributed by atoms with E-state index in [0.717, 1.165) is 49.0 Å². The Morgan fingerprint density at radius 3 is 2.84 bits per heavy atom. The Balaban J connectivity index is 1.32. The van der Waals surface area contributed by atoms with Crippen LogP contribution in [0.25, 0.3) is 20.7 Å². The van der Waals surface area contributed by atoms with Crippen molar-refractivity contribution in [2.24, 2.45) is 5.92 Å². The van der Waals surface area contributed by atoms with Crippen LogP contribution < -0.4 is 10.6 Å². The van der Waals surface area contributed by atoms with Crippen LogP contribution >= 0.6 is 11.3 Å².